The third kappa shape index (κ3) is 1.48. The maximum Gasteiger partial charge on any atom is 0.341 e. The average molecular weight is 227 g/mol. The molecule has 0 aliphatic rings. The number of hydrogen-bond donors (Lipinski definition) is 3. The lowest BCUT2D eigenvalue weighted by Crippen LogP contribution is -1.98. The molecule has 0 bridgehead atoms. The Labute approximate surface area is 89.3 Å². The number of aromatic nitrogens is 4. The maximum atomic E-state index is 10.9. The molecular weight excluding hydrogens is 220 g/mol. The summed E-state index contributed by atoms with van der Waals surface area (Å²) in [6, 6.07) is 0. The average Bonchev–Trinajstić information content (AvgIpc) is 2.71. The number of carbonyl (C=O) groups is 1. The number of nitrogens with one attached hydrogen (secondary N) is 2. The van der Waals surface area contributed by atoms with Gasteiger partial charge in [0.2, 0.25) is 0 Å². The Balaban J connectivity index is 2.64. The van der Waals surface area contributed by atoms with Crippen LogP contribution in [0.4, 0.5) is 0 Å². The zero-order valence-corrected chi connectivity index (χ0v) is 8.46. The molecule has 0 saturated carbocycles. The predicted octanol–water partition coefficient (Wildman–Crippen LogP) is 1.46. The number of carboxylic acids is 1. The van der Waals surface area contributed by atoms with Crippen molar-refractivity contribution in [1.82, 2.24) is 20.4 Å². The summed E-state index contributed by atoms with van der Waals surface area (Å²) in [7, 11) is 0. The van der Waals surface area contributed by atoms with Gasteiger partial charge in [-0.2, -0.15) is 10.2 Å². The van der Waals surface area contributed by atoms with Crippen molar-refractivity contribution in [1.29, 1.82) is 0 Å². The van der Waals surface area contributed by atoms with Crippen LogP contribution in [0.15, 0.2) is 6.20 Å². The molecule has 0 amide bonds. The minimum atomic E-state index is -1.12. The van der Waals surface area contributed by atoms with Crippen molar-refractivity contribution < 1.29 is 9.90 Å². The lowest BCUT2D eigenvalue weighted by Gasteiger charge is -1.95. The molecule has 2 heterocycles. The SMILES string of the molecule is Cc1[nH]ncc1-c1n[nH]c(Cl)c1C(=O)O. The first kappa shape index (κ1) is 9.72. The first-order valence-corrected chi connectivity index (χ1v) is 4.46. The molecular formula is C8H7ClN4O2. The van der Waals surface area contributed by atoms with E-state index in [-0.39, 0.29) is 10.7 Å². The first-order valence-electron chi connectivity index (χ1n) is 4.08. The molecule has 15 heavy (non-hydrogen) atoms. The zero-order valence-electron chi connectivity index (χ0n) is 7.71. The molecule has 0 spiro atoms. The number of H-pyrrole nitrogens is 2. The molecule has 0 unspecified atom stereocenters. The fourth-order valence-electron chi connectivity index (χ4n) is 1.30. The normalized spacial score (nSPS) is 10.5. The number of hydrogen-bond acceptors (Lipinski definition) is 3. The van der Waals surface area contributed by atoms with Crippen LogP contribution in [-0.4, -0.2) is 31.5 Å². The lowest BCUT2D eigenvalue weighted by molar-refractivity contribution is 0.0698. The van der Waals surface area contributed by atoms with Crippen molar-refractivity contribution in [2.45, 2.75) is 6.92 Å². The number of aryl methyl sites for hydroxylation is 1. The van der Waals surface area contributed by atoms with Crippen LogP contribution in [0.5, 0.6) is 0 Å². The summed E-state index contributed by atoms with van der Waals surface area (Å²) >= 11 is 5.68. The third-order valence-electron chi connectivity index (χ3n) is 2.02. The lowest BCUT2D eigenvalue weighted by atomic mass is 10.1. The van der Waals surface area contributed by atoms with E-state index in [1.807, 2.05) is 0 Å². The molecule has 78 valence electrons. The highest BCUT2D eigenvalue weighted by molar-refractivity contribution is 6.33. The van der Waals surface area contributed by atoms with Crippen LogP contribution in [0, 0.1) is 6.92 Å². The second-order valence-electron chi connectivity index (χ2n) is 2.98. The van der Waals surface area contributed by atoms with E-state index in [9.17, 15) is 4.79 Å². The van der Waals surface area contributed by atoms with Crippen LogP contribution in [-0.2, 0) is 0 Å². The zero-order chi connectivity index (χ0) is 11.0. The minimum Gasteiger partial charge on any atom is -0.478 e. The number of aromatic carboxylic acids is 1. The van der Waals surface area contributed by atoms with E-state index in [1.54, 1.807) is 6.92 Å². The van der Waals surface area contributed by atoms with Gasteiger partial charge in [-0.3, -0.25) is 10.2 Å². The smallest absolute Gasteiger partial charge is 0.341 e. The molecule has 0 atom stereocenters. The van der Waals surface area contributed by atoms with Gasteiger partial charge in [-0.15, -0.1) is 0 Å². The number of rotatable bonds is 2. The van der Waals surface area contributed by atoms with Gasteiger partial charge in [0.15, 0.2) is 0 Å². The monoisotopic (exact) mass is 226 g/mol. The molecule has 7 heteroatoms. The van der Waals surface area contributed by atoms with Crippen LogP contribution >= 0.6 is 11.6 Å². The van der Waals surface area contributed by atoms with Crippen molar-refractivity contribution in [3.05, 3.63) is 22.6 Å². The second-order valence-corrected chi connectivity index (χ2v) is 3.35. The van der Waals surface area contributed by atoms with Crippen LogP contribution < -0.4 is 0 Å². The Hall–Kier alpha value is -1.82. The van der Waals surface area contributed by atoms with Crippen LogP contribution in [0.3, 0.4) is 0 Å². The van der Waals surface area contributed by atoms with Gasteiger partial charge in [-0.1, -0.05) is 11.6 Å². The fourth-order valence-corrected chi connectivity index (χ4v) is 1.51. The van der Waals surface area contributed by atoms with Gasteiger partial charge in [0, 0.05) is 11.3 Å². The Kier molecular flexibility index (Phi) is 2.20. The first-order chi connectivity index (χ1) is 7.11. The molecule has 0 radical (unpaired) electrons. The van der Waals surface area contributed by atoms with Gasteiger partial charge in [0.25, 0.3) is 0 Å². The van der Waals surface area contributed by atoms with Gasteiger partial charge in [0.05, 0.1) is 6.20 Å². The fraction of sp³-hybridized carbons (Fsp3) is 0.125. The van der Waals surface area contributed by atoms with Gasteiger partial charge in [-0.05, 0) is 6.92 Å². The van der Waals surface area contributed by atoms with Crippen molar-refractivity contribution in [2.24, 2.45) is 0 Å². The van der Waals surface area contributed by atoms with E-state index >= 15 is 0 Å². The Morgan fingerprint density at radius 1 is 1.53 bits per heavy atom. The molecule has 0 aromatic carbocycles. The summed E-state index contributed by atoms with van der Waals surface area (Å²) in [5.41, 5.74) is 1.61. The highest BCUT2D eigenvalue weighted by Crippen LogP contribution is 2.27. The third-order valence-corrected chi connectivity index (χ3v) is 2.29. The van der Waals surface area contributed by atoms with Crippen molar-refractivity contribution in [3.8, 4) is 11.3 Å². The highest BCUT2D eigenvalue weighted by atomic mass is 35.5. The van der Waals surface area contributed by atoms with Crippen molar-refractivity contribution >= 4 is 17.6 Å². The van der Waals surface area contributed by atoms with E-state index < -0.39 is 5.97 Å². The van der Waals surface area contributed by atoms with Gasteiger partial charge in [-0.25, -0.2) is 4.79 Å². The minimum absolute atomic E-state index is 0.0121. The molecule has 0 aliphatic heterocycles. The summed E-state index contributed by atoms with van der Waals surface area (Å²) in [6.07, 6.45) is 1.51. The maximum absolute atomic E-state index is 10.9. The standard InChI is InChI=1S/C8H7ClN4O2/c1-3-4(2-10-11-3)6-5(8(14)15)7(9)13-12-6/h2H,1H3,(H,10,11)(H,12,13)(H,14,15). The summed E-state index contributed by atoms with van der Waals surface area (Å²) < 4.78 is 0. The largest absolute Gasteiger partial charge is 0.478 e. The van der Waals surface area contributed by atoms with E-state index in [0.29, 0.717) is 11.3 Å². The van der Waals surface area contributed by atoms with Gasteiger partial charge in [0.1, 0.15) is 16.4 Å². The number of halogens is 1. The van der Waals surface area contributed by atoms with Gasteiger partial charge >= 0.3 is 5.97 Å². The quantitative estimate of drug-likeness (QED) is 0.723. The predicted molar refractivity (Wildman–Crippen MR) is 52.9 cm³/mol. The topological polar surface area (TPSA) is 94.7 Å². The summed E-state index contributed by atoms with van der Waals surface area (Å²) in [6.45, 7) is 1.77. The summed E-state index contributed by atoms with van der Waals surface area (Å²) in [5.74, 6) is -1.12. The second kappa shape index (κ2) is 3.39. The highest BCUT2D eigenvalue weighted by Gasteiger charge is 2.21. The number of aromatic amines is 2. The van der Waals surface area contributed by atoms with E-state index in [4.69, 9.17) is 16.7 Å². The van der Waals surface area contributed by atoms with E-state index in [2.05, 4.69) is 20.4 Å². The number of carboxylic acid groups (broad SMARTS) is 1. The molecule has 0 fully saturated rings. The Morgan fingerprint density at radius 2 is 2.27 bits per heavy atom. The Bertz CT molecular complexity index is 516. The van der Waals surface area contributed by atoms with Crippen molar-refractivity contribution in [2.75, 3.05) is 0 Å². The molecule has 6 nitrogen and oxygen atoms in total. The van der Waals surface area contributed by atoms with Crippen LogP contribution in [0.2, 0.25) is 5.15 Å². The summed E-state index contributed by atoms with van der Waals surface area (Å²) in [5, 5.41) is 21.7. The molecule has 0 saturated heterocycles. The molecule has 2 aromatic rings. The van der Waals surface area contributed by atoms with Crippen LogP contribution in [0.1, 0.15) is 16.1 Å². The van der Waals surface area contributed by atoms with Crippen molar-refractivity contribution in [3.63, 3.8) is 0 Å². The molecule has 0 aliphatic carbocycles. The van der Waals surface area contributed by atoms with Gasteiger partial charge < -0.3 is 5.11 Å². The molecule has 3 N–H and O–H groups in total. The molecule has 2 aromatic heterocycles. The Morgan fingerprint density at radius 3 is 2.80 bits per heavy atom. The van der Waals surface area contributed by atoms with E-state index in [1.165, 1.54) is 6.20 Å². The van der Waals surface area contributed by atoms with Crippen LogP contribution in [0.25, 0.3) is 11.3 Å². The number of nitrogens with zero attached hydrogens (tertiary/aromatic N) is 2. The molecule has 2 rings (SSSR count). The summed E-state index contributed by atoms with van der Waals surface area (Å²) in [4.78, 5) is 10.9. The van der Waals surface area contributed by atoms with E-state index in [0.717, 1.165) is 5.69 Å².